The minimum absolute atomic E-state index is 0.0747. The van der Waals surface area contributed by atoms with E-state index in [1.54, 1.807) is 10.6 Å². The van der Waals surface area contributed by atoms with Gasteiger partial charge in [-0.3, -0.25) is 14.2 Å². The van der Waals surface area contributed by atoms with E-state index in [0.717, 1.165) is 10.4 Å². The van der Waals surface area contributed by atoms with Crippen LogP contribution in [0.5, 0.6) is 5.75 Å². The van der Waals surface area contributed by atoms with E-state index in [1.165, 1.54) is 23.1 Å². The molecule has 8 heteroatoms. The van der Waals surface area contributed by atoms with Gasteiger partial charge in [-0.05, 0) is 37.6 Å². The molecule has 2 heterocycles. The fraction of sp³-hybridized carbons (Fsp3) is 0.208. The van der Waals surface area contributed by atoms with Crippen LogP contribution in [0, 0.1) is 0 Å². The Morgan fingerprint density at radius 3 is 2.62 bits per heavy atom. The molecule has 0 saturated heterocycles. The highest BCUT2D eigenvalue weighted by molar-refractivity contribution is 7.99. The number of benzene rings is 2. The maximum atomic E-state index is 13.1. The summed E-state index contributed by atoms with van der Waals surface area (Å²) in [6.45, 7) is 4.80. The summed E-state index contributed by atoms with van der Waals surface area (Å²) in [6.07, 6.45) is 0. The highest BCUT2D eigenvalue weighted by atomic mass is 32.2. The smallest absolute Gasteiger partial charge is 0.272 e. The second-order valence-electron chi connectivity index (χ2n) is 6.90. The lowest BCUT2D eigenvalue weighted by molar-refractivity contribution is -0.113. The van der Waals surface area contributed by atoms with Gasteiger partial charge in [0.15, 0.2) is 5.16 Å². The van der Waals surface area contributed by atoms with Crippen molar-refractivity contribution in [2.45, 2.75) is 25.5 Å². The summed E-state index contributed by atoms with van der Waals surface area (Å²) in [5.74, 6) is 0.577. The predicted octanol–water partition coefficient (Wildman–Crippen LogP) is 5.27. The van der Waals surface area contributed by atoms with Crippen LogP contribution in [0.4, 0.5) is 5.69 Å². The van der Waals surface area contributed by atoms with Crippen molar-refractivity contribution in [3.05, 3.63) is 71.0 Å². The molecule has 0 bridgehead atoms. The van der Waals surface area contributed by atoms with Gasteiger partial charge in [0.05, 0.1) is 23.6 Å². The minimum atomic E-state index is -0.186. The Hall–Kier alpha value is -3.10. The van der Waals surface area contributed by atoms with Crippen molar-refractivity contribution in [2.75, 3.05) is 17.7 Å². The number of amides is 1. The van der Waals surface area contributed by atoms with Crippen LogP contribution in [0.1, 0.15) is 13.8 Å². The van der Waals surface area contributed by atoms with Gasteiger partial charge in [-0.2, -0.15) is 0 Å². The van der Waals surface area contributed by atoms with E-state index in [9.17, 15) is 9.59 Å². The number of anilines is 1. The summed E-state index contributed by atoms with van der Waals surface area (Å²) in [7, 11) is 0. The molecular formula is C24H23N3O3S2. The van der Waals surface area contributed by atoms with Crippen LogP contribution < -0.4 is 15.6 Å². The fourth-order valence-corrected chi connectivity index (χ4v) is 5.21. The minimum Gasteiger partial charge on any atom is -0.492 e. The van der Waals surface area contributed by atoms with Crippen molar-refractivity contribution >= 4 is 44.9 Å². The van der Waals surface area contributed by atoms with E-state index in [0.29, 0.717) is 40.0 Å². The van der Waals surface area contributed by atoms with Gasteiger partial charge < -0.3 is 10.1 Å². The Kier molecular flexibility index (Phi) is 6.92. The predicted molar refractivity (Wildman–Crippen MR) is 132 cm³/mol. The molecule has 0 aliphatic rings. The Bertz CT molecular complexity index is 1300. The number of hydrogen-bond acceptors (Lipinski definition) is 6. The first kappa shape index (κ1) is 22.1. The molecule has 0 spiro atoms. The normalized spacial score (nSPS) is 10.9. The molecule has 0 saturated carbocycles. The zero-order valence-corrected chi connectivity index (χ0v) is 19.5. The Morgan fingerprint density at radius 1 is 1.12 bits per heavy atom. The van der Waals surface area contributed by atoms with Crippen LogP contribution in [0.15, 0.2) is 70.6 Å². The summed E-state index contributed by atoms with van der Waals surface area (Å²) >= 11 is 2.71. The van der Waals surface area contributed by atoms with Crippen LogP contribution in [-0.4, -0.2) is 27.8 Å². The third kappa shape index (κ3) is 4.71. The molecule has 0 atom stereocenters. The molecule has 32 heavy (non-hydrogen) atoms. The first-order chi connectivity index (χ1) is 15.6. The van der Waals surface area contributed by atoms with Gasteiger partial charge in [0.1, 0.15) is 10.4 Å². The van der Waals surface area contributed by atoms with E-state index >= 15 is 0 Å². The lowest BCUT2D eigenvalue weighted by Crippen LogP contribution is -2.22. The maximum Gasteiger partial charge on any atom is 0.272 e. The average molecular weight is 466 g/mol. The van der Waals surface area contributed by atoms with Crippen molar-refractivity contribution in [2.24, 2.45) is 0 Å². The van der Waals surface area contributed by atoms with Crippen molar-refractivity contribution in [3.8, 4) is 16.2 Å². The van der Waals surface area contributed by atoms with Gasteiger partial charge in [-0.1, -0.05) is 54.2 Å². The Morgan fingerprint density at radius 2 is 1.88 bits per heavy atom. The third-order valence-electron chi connectivity index (χ3n) is 4.77. The topological polar surface area (TPSA) is 73.2 Å². The maximum absolute atomic E-state index is 13.1. The standard InChI is InChI=1S/C24H23N3O3S2/c1-3-27-23(29)22-18(14-20(32-22)16-10-6-5-7-11-16)26-24(27)31-15-21(28)25-17-12-8-9-13-19(17)30-4-2/h5-14H,3-4,15H2,1-2H3,(H,25,28). The van der Waals surface area contributed by atoms with E-state index in [-0.39, 0.29) is 17.2 Å². The largest absolute Gasteiger partial charge is 0.492 e. The number of thiophene rings is 1. The lowest BCUT2D eigenvalue weighted by Gasteiger charge is -2.12. The zero-order valence-electron chi connectivity index (χ0n) is 17.8. The molecule has 0 aliphatic carbocycles. The van der Waals surface area contributed by atoms with E-state index < -0.39 is 0 Å². The molecule has 0 radical (unpaired) electrons. The van der Waals surface area contributed by atoms with Crippen molar-refractivity contribution in [1.82, 2.24) is 9.55 Å². The zero-order chi connectivity index (χ0) is 22.5. The summed E-state index contributed by atoms with van der Waals surface area (Å²) < 4.78 is 7.82. The number of aromatic nitrogens is 2. The van der Waals surface area contributed by atoms with Crippen LogP contribution in [0.25, 0.3) is 20.7 Å². The number of ether oxygens (including phenoxy) is 1. The molecule has 4 aromatic rings. The average Bonchev–Trinajstić information content (AvgIpc) is 3.24. The fourth-order valence-electron chi connectivity index (χ4n) is 3.29. The third-order valence-corrected chi connectivity index (χ3v) is 6.90. The van der Waals surface area contributed by atoms with Crippen LogP contribution >= 0.6 is 23.1 Å². The van der Waals surface area contributed by atoms with Gasteiger partial charge in [0, 0.05) is 11.4 Å². The molecule has 2 aromatic carbocycles. The molecule has 164 valence electrons. The number of rotatable bonds is 8. The highest BCUT2D eigenvalue weighted by Gasteiger charge is 2.16. The molecule has 6 nitrogen and oxygen atoms in total. The quantitative estimate of drug-likeness (QED) is 0.283. The van der Waals surface area contributed by atoms with Crippen LogP contribution in [-0.2, 0) is 11.3 Å². The summed E-state index contributed by atoms with van der Waals surface area (Å²) in [6, 6.07) is 19.2. The number of nitrogens with one attached hydrogen (secondary N) is 1. The second-order valence-corrected chi connectivity index (χ2v) is 8.90. The van der Waals surface area contributed by atoms with Crippen molar-refractivity contribution < 1.29 is 9.53 Å². The Balaban J connectivity index is 1.56. The molecule has 4 rings (SSSR count). The number of thioether (sulfide) groups is 1. The second kappa shape index (κ2) is 10.0. The number of carbonyl (C=O) groups is 1. The monoisotopic (exact) mass is 465 g/mol. The van der Waals surface area contributed by atoms with Crippen molar-refractivity contribution in [1.29, 1.82) is 0 Å². The molecule has 0 aliphatic heterocycles. The molecule has 1 amide bonds. The van der Waals surface area contributed by atoms with E-state index in [1.807, 2.05) is 68.4 Å². The SMILES string of the molecule is CCOc1ccccc1NC(=O)CSc1nc2cc(-c3ccccc3)sc2c(=O)n1CC. The summed E-state index contributed by atoms with van der Waals surface area (Å²) in [5.41, 5.74) is 2.27. The Labute approximate surface area is 194 Å². The number of carbonyl (C=O) groups excluding carboxylic acids is 1. The van der Waals surface area contributed by atoms with Crippen molar-refractivity contribution in [3.63, 3.8) is 0 Å². The summed E-state index contributed by atoms with van der Waals surface area (Å²) in [5, 5.41) is 3.42. The first-order valence-corrected chi connectivity index (χ1v) is 12.1. The van der Waals surface area contributed by atoms with Crippen LogP contribution in [0.2, 0.25) is 0 Å². The molecule has 0 fully saturated rings. The number of para-hydroxylation sites is 2. The number of nitrogens with zero attached hydrogens (tertiary/aromatic N) is 2. The number of hydrogen-bond donors (Lipinski definition) is 1. The summed E-state index contributed by atoms with van der Waals surface area (Å²) in [4.78, 5) is 31.4. The van der Waals surface area contributed by atoms with E-state index in [4.69, 9.17) is 9.72 Å². The van der Waals surface area contributed by atoms with Gasteiger partial charge in [0.2, 0.25) is 5.91 Å². The molecule has 0 unspecified atom stereocenters. The van der Waals surface area contributed by atoms with Gasteiger partial charge in [-0.15, -0.1) is 11.3 Å². The first-order valence-electron chi connectivity index (χ1n) is 10.3. The van der Waals surface area contributed by atoms with Gasteiger partial charge in [-0.25, -0.2) is 4.98 Å². The lowest BCUT2D eigenvalue weighted by atomic mass is 10.2. The molecule has 1 N–H and O–H groups in total. The van der Waals surface area contributed by atoms with Crippen LogP contribution in [0.3, 0.4) is 0 Å². The van der Waals surface area contributed by atoms with Gasteiger partial charge in [0.25, 0.3) is 5.56 Å². The number of fused-ring (bicyclic) bond motifs is 1. The van der Waals surface area contributed by atoms with E-state index in [2.05, 4.69) is 5.32 Å². The molecule has 2 aromatic heterocycles. The highest BCUT2D eigenvalue weighted by Crippen LogP contribution is 2.32. The van der Waals surface area contributed by atoms with Gasteiger partial charge >= 0.3 is 0 Å². The molecular weight excluding hydrogens is 442 g/mol.